The molecule has 1 saturated heterocycles. The van der Waals surface area contributed by atoms with E-state index in [0.717, 1.165) is 11.3 Å². The van der Waals surface area contributed by atoms with Gasteiger partial charge in [0.05, 0.1) is 0 Å². The van der Waals surface area contributed by atoms with Crippen LogP contribution in [0, 0.1) is 0 Å². The second kappa shape index (κ2) is 5.66. The number of nitrogens with two attached hydrogens (primary N) is 1. The number of carboxylic acid groups (broad SMARTS) is 1. The molecule has 0 spiro atoms. The number of nitrogens with zero attached hydrogens (tertiary/aromatic N) is 1. The van der Waals surface area contributed by atoms with Crippen LogP contribution in [0.2, 0.25) is 0 Å². The molecule has 1 aliphatic rings. The van der Waals surface area contributed by atoms with Crippen molar-refractivity contribution >= 4 is 21.9 Å². The summed E-state index contributed by atoms with van der Waals surface area (Å²) in [6.07, 6.45) is 1.58. The van der Waals surface area contributed by atoms with Crippen LogP contribution in [-0.4, -0.2) is 48.1 Å². The van der Waals surface area contributed by atoms with Crippen molar-refractivity contribution in [3.63, 3.8) is 0 Å². The summed E-state index contributed by atoms with van der Waals surface area (Å²) in [5.41, 5.74) is 0. The molecule has 0 aromatic carbocycles. The molecule has 2 unspecified atom stereocenters. The molecular weight excluding hydrogens is 260 g/mol. The molecular formula is C10H18N2O5S. The third-order valence-electron chi connectivity index (χ3n) is 3.08. The van der Waals surface area contributed by atoms with Crippen molar-refractivity contribution in [1.29, 1.82) is 0 Å². The van der Waals surface area contributed by atoms with Crippen LogP contribution < -0.4 is 5.14 Å². The van der Waals surface area contributed by atoms with Gasteiger partial charge in [0.1, 0.15) is 11.3 Å². The van der Waals surface area contributed by atoms with Gasteiger partial charge in [0.25, 0.3) is 0 Å². The molecule has 2 atom stereocenters. The Morgan fingerprint density at radius 3 is 2.61 bits per heavy atom. The SMILES string of the molecule is CCCCC(C(=O)O)N1CC(S(N)(=O)=O)CC1=O. The highest BCUT2D eigenvalue weighted by atomic mass is 32.2. The van der Waals surface area contributed by atoms with Crippen molar-refractivity contribution in [3.8, 4) is 0 Å². The lowest BCUT2D eigenvalue weighted by Gasteiger charge is -2.24. The Kier molecular flexibility index (Phi) is 4.69. The van der Waals surface area contributed by atoms with Crippen molar-refractivity contribution in [2.45, 2.75) is 43.9 Å². The average molecular weight is 278 g/mol. The first-order valence-corrected chi connectivity index (χ1v) is 7.42. The Hall–Kier alpha value is -1.15. The summed E-state index contributed by atoms with van der Waals surface area (Å²) in [7, 11) is -3.80. The Morgan fingerprint density at radius 2 is 2.22 bits per heavy atom. The Morgan fingerprint density at radius 1 is 1.61 bits per heavy atom. The largest absolute Gasteiger partial charge is 0.480 e. The van der Waals surface area contributed by atoms with E-state index >= 15 is 0 Å². The quantitative estimate of drug-likeness (QED) is 0.680. The van der Waals surface area contributed by atoms with Gasteiger partial charge in [0.15, 0.2) is 0 Å². The molecule has 0 radical (unpaired) electrons. The second-order valence-corrected chi connectivity index (χ2v) is 6.30. The molecule has 3 N–H and O–H groups in total. The first kappa shape index (κ1) is 14.9. The van der Waals surface area contributed by atoms with Crippen LogP contribution in [0.3, 0.4) is 0 Å². The number of sulfonamides is 1. The van der Waals surface area contributed by atoms with E-state index in [1.165, 1.54) is 0 Å². The minimum atomic E-state index is -3.80. The highest BCUT2D eigenvalue weighted by Gasteiger charge is 2.41. The summed E-state index contributed by atoms with van der Waals surface area (Å²) in [6.45, 7) is 1.79. The monoisotopic (exact) mass is 278 g/mol. The van der Waals surface area contributed by atoms with Gasteiger partial charge in [-0.05, 0) is 6.42 Å². The number of carbonyl (C=O) groups is 2. The van der Waals surface area contributed by atoms with Crippen molar-refractivity contribution in [2.24, 2.45) is 5.14 Å². The van der Waals surface area contributed by atoms with Crippen molar-refractivity contribution in [3.05, 3.63) is 0 Å². The maximum absolute atomic E-state index is 11.7. The standard InChI is InChI=1S/C10H18N2O5S/c1-2-3-4-8(10(14)15)12-6-7(5-9(12)13)18(11,16)17/h7-8H,2-6H2,1H3,(H,14,15)(H2,11,16,17). The van der Waals surface area contributed by atoms with Gasteiger partial charge in [-0.2, -0.15) is 0 Å². The zero-order valence-corrected chi connectivity index (χ0v) is 11.0. The predicted octanol–water partition coefficient (Wildman–Crippen LogP) is -0.481. The Bertz CT molecular complexity index is 434. The molecule has 0 bridgehead atoms. The van der Waals surface area contributed by atoms with Crippen LogP contribution in [0.4, 0.5) is 0 Å². The number of likely N-dealkylation sites (tertiary alicyclic amines) is 1. The van der Waals surface area contributed by atoms with Crippen molar-refractivity contribution < 1.29 is 23.1 Å². The summed E-state index contributed by atoms with van der Waals surface area (Å²) in [4.78, 5) is 23.9. The van der Waals surface area contributed by atoms with Gasteiger partial charge in [-0.15, -0.1) is 0 Å². The van der Waals surface area contributed by atoms with Crippen molar-refractivity contribution in [2.75, 3.05) is 6.54 Å². The van der Waals surface area contributed by atoms with Crippen molar-refractivity contribution in [1.82, 2.24) is 4.90 Å². The molecule has 1 fully saturated rings. The van der Waals surface area contributed by atoms with Gasteiger partial charge in [-0.1, -0.05) is 19.8 Å². The molecule has 0 aromatic heterocycles. The third kappa shape index (κ3) is 3.42. The number of rotatable bonds is 6. The molecule has 18 heavy (non-hydrogen) atoms. The molecule has 8 heteroatoms. The number of unbranched alkanes of at least 4 members (excludes halogenated alkanes) is 1. The number of hydrogen-bond donors (Lipinski definition) is 2. The first-order valence-electron chi connectivity index (χ1n) is 5.81. The maximum Gasteiger partial charge on any atom is 0.326 e. The van der Waals surface area contributed by atoms with E-state index in [9.17, 15) is 18.0 Å². The summed E-state index contributed by atoms with van der Waals surface area (Å²) < 4.78 is 22.4. The van der Waals surface area contributed by atoms with Gasteiger partial charge in [-0.3, -0.25) is 4.79 Å². The van der Waals surface area contributed by atoms with Gasteiger partial charge in [0, 0.05) is 13.0 Å². The lowest BCUT2D eigenvalue weighted by molar-refractivity contribution is -0.148. The summed E-state index contributed by atoms with van der Waals surface area (Å²) in [6, 6.07) is -0.954. The number of primary sulfonamides is 1. The molecule has 1 aliphatic heterocycles. The Labute approximate surface area is 106 Å². The van der Waals surface area contributed by atoms with E-state index in [2.05, 4.69) is 0 Å². The third-order valence-corrected chi connectivity index (χ3v) is 4.32. The smallest absolute Gasteiger partial charge is 0.326 e. The van der Waals surface area contributed by atoms with E-state index in [1.807, 2.05) is 6.92 Å². The minimum absolute atomic E-state index is 0.127. The maximum atomic E-state index is 11.7. The molecule has 1 amide bonds. The fraction of sp³-hybridized carbons (Fsp3) is 0.800. The number of carbonyl (C=O) groups excluding carboxylic acids is 1. The van der Waals surface area contributed by atoms with Crippen LogP contribution in [-0.2, 0) is 19.6 Å². The van der Waals surface area contributed by atoms with Crippen LogP contribution in [0.1, 0.15) is 32.6 Å². The van der Waals surface area contributed by atoms with Crippen LogP contribution in [0.5, 0.6) is 0 Å². The number of carboxylic acids is 1. The molecule has 7 nitrogen and oxygen atoms in total. The van der Waals surface area contributed by atoms with E-state index in [-0.39, 0.29) is 13.0 Å². The lowest BCUT2D eigenvalue weighted by Crippen LogP contribution is -2.43. The first-order chi connectivity index (χ1) is 8.27. The van der Waals surface area contributed by atoms with Crippen LogP contribution in [0.15, 0.2) is 0 Å². The van der Waals surface area contributed by atoms with E-state index in [4.69, 9.17) is 10.2 Å². The molecule has 1 rings (SSSR count). The number of amides is 1. The molecule has 0 aliphatic carbocycles. The van der Waals surface area contributed by atoms with Gasteiger partial charge in [-0.25, -0.2) is 18.4 Å². The number of aliphatic carboxylic acids is 1. The van der Waals surface area contributed by atoms with Gasteiger partial charge >= 0.3 is 5.97 Å². The predicted molar refractivity (Wildman–Crippen MR) is 64.2 cm³/mol. The summed E-state index contributed by atoms with van der Waals surface area (Å²) in [5.74, 6) is -1.57. The highest BCUT2D eigenvalue weighted by Crippen LogP contribution is 2.21. The van der Waals surface area contributed by atoms with E-state index < -0.39 is 33.2 Å². The normalized spacial score (nSPS) is 22.2. The zero-order chi connectivity index (χ0) is 13.9. The fourth-order valence-corrected chi connectivity index (χ4v) is 2.77. The van der Waals surface area contributed by atoms with Crippen LogP contribution in [0.25, 0.3) is 0 Å². The molecule has 1 heterocycles. The van der Waals surface area contributed by atoms with E-state index in [0.29, 0.717) is 12.8 Å². The van der Waals surface area contributed by atoms with E-state index in [1.54, 1.807) is 0 Å². The second-order valence-electron chi connectivity index (χ2n) is 4.46. The summed E-state index contributed by atoms with van der Waals surface area (Å²) >= 11 is 0. The minimum Gasteiger partial charge on any atom is -0.480 e. The van der Waals surface area contributed by atoms with Gasteiger partial charge in [0.2, 0.25) is 15.9 Å². The van der Waals surface area contributed by atoms with Crippen LogP contribution >= 0.6 is 0 Å². The molecule has 0 saturated carbocycles. The topological polar surface area (TPSA) is 118 Å². The highest BCUT2D eigenvalue weighted by molar-refractivity contribution is 7.89. The number of hydrogen-bond acceptors (Lipinski definition) is 4. The Balaban J connectivity index is 2.81. The fourth-order valence-electron chi connectivity index (χ4n) is 2.03. The van der Waals surface area contributed by atoms with Gasteiger partial charge < -0.3 is 10.0 Å². The average Bonchev–Trinajstić information content (AvgIpc) is 2.60. The zero-order valence-electron chi connectivity index (χ0n) is 10.2. The lowest BCUT2D eigenvalue weighted by atomic mass is 10.1. The molecule has 0 aromatic rings. The molecule has 104 valence electrons. The summed E-state index contributed by atoms with van der Waals surface area (Å²) in [5, 5.41) is 13.1.